The van der Waals surface area contributed by atoms with Crippen LogP contribution in [0, 0.1) is 5.92 Å². The fraction of sp³-hybridized carbons (Fsp3) is 0.900. The van der Waals surface area contributed by atoms with Crippen molar-refractivity contribution in [3.8, 4) is 0 Å². The number of nitrogens with zero attached hydrogens (tertiary/aromatic N) is 1. The summed E-state index contributed by atoms with van der Waals surface area (Å²) in [6.45, 7) is 6.46. The van der Waals surface area contributed by atoms with Gasteiger partial charge in [-0.3, -0.25) is 4.90 Å². The highest BCUT2D eigenvalue weighted by Crippen LogP contribution is 2.31. The minimum atomic E-state index is 0.786. The fourth-order valence-corrected chi connectivity index (χ4v) is 2.37. The van der Waals surface area contributed by atoms with E-state index in [1.165, 1.54) is 19.3 Å². The van der Waals surface area contributed by atoms with Crippen LogP contribution in [0.25, 0.3) is 0 Å². The van der Waals surface area contributed by atoms with Crippen molar-refractivity contribution in [3.63, 3.8) is 0 Å². The molecule has 1 atom stereocenters. The Morgan fingerprint density at radius 1 is 1.33 bits per heavy atom. The van der Waals surface area contributed by atoms with E-state index in [2.05, 4.69) is 11.8 Å². The fourth-order valence-electron chi connectivity index (χ4n) is 2.37. The second-order valence-corrected chi connectivity index (χ2v) is 3.90. The van der Waals surface area contributed by atoms with Crippen LogP contribution in [0.1, 0.15) is 26.2 Å². The highest BCUT2D eigenvalue weighted by atomic mass is 16.5. The van der Waals surface area contributed by atoms with Crippen molar-refractivity contribution in [1.82, 2.24) is 4.90 Å². The molecular formula is C10H18NO. The topological polar surface area (TPSA) is 12.5 Å². The largest absolute Gasteiger partial charge is 0.379 e. The molecule has 0 N–H and O–H groups in total. The van der Waals surface area contributed by atoms with Gasteiger partial charge in [0.15, 0.2) is 0 Å². The smallest absolute Gasteiger partial charge is 0.0594 e. The lowest BCUT2D eigenvalue weighted by atomic mass is 10.0. The molecule has 1 saturated carbocycles. The average molecular weight is 168 g/mol. The number of rotatable bonds is 1. The van der Waals surface area contributed by atoms with Crippen molar-refractivity contribution < 1.29 is 4.74 Å². The first-order valence-electron chi connectivity index (χ1n) is 5.02. The quantitative estimate of drug-likeness (QED) is 0.588. The highest BCUT2D eigenvalue weighted by Gasteiger charge is 2.29. The van der Waals surface area contributed by atoms with Gasteiger partial charge in [0.25, 0.3) is 0 Å². The van der Waals surface area contributed by atoms with Crippen molar-refractivity contribution in [3.05, 3.63) is 5.92 Å². The number of hydrogen-bond acceptors (Lipinski definition) is 2. The number of hydrogen-bond donors (Lipinski definition) is 0. The van der Waals surface area contributed by atoms with E-state index in [9.17, 15) is 0 Å². The molecule has 0 bridgehead atoms. The van der Waals surface area contributed by atoms with Gasteiger partial charge in [-0.1, -0.05) is 13.3 Å². The van der Waals surface area contributed by atoms with Crippen LogP contribution in [0.15, 0.2) is 0 Å². The van der Waals surface area contributed by atoms with Crippen molar-refractivity contribution in [2.24, 2.45) is 0 Å². The van der Waals surface area contributed by atoms with Crippen LogP contribution in [0.4, 0.5) is 0 Å². The van der Waals surface area contributed by atoms with E-state index in [-0.39, 0.29) is 0 Å². The summed E-state index contributed by atoms with van der Waals surface area (Å²) < 4.78 is 5.34. The van der Waals surface area contributed by atoms with Crippen LogP contribution >= 0.6 is 0 Å². The number of ether oxygens (including phenoxy) is 1. The van der Waals surface area contributed by atoms with Gasteiger partial charge in [0, 0.05) is 19.1 Å². The standard InChI is InChI=1S/C10H18NO/c1-9-3-2-4-10(9)11-5-7-12-8-6-11/h10H,2-8H2,1H3. The minimum absolute atomic E-state index is 0.786. The van der Waals surface area contributed by atoms with Crippen LogP contribution in [-0.2, 0) is 4.74 Å². The van der Waals surface area contributed by atoms with Gasteiger partial charge in [-0.15, -0.1) is 0 Å². The van der Waals surface area contributed by atoms with E-state index >= 15 is 0 Å². The maximum Gasteiger partial charge on any atom is 0.0594 e. The lowest BCUT2D eigenvalue weighted by Crippen LogP contribution is -2.44. The molecule has 2 rings (SSSR count). The molecule has 0 aromatic rings. The van der Waals surface area contributed by atoms with Crippen LogP contribution in [0.2, 0.25) is 0 Å². The summed E-state index contributed by atoms with van der Waals surface area (Å²) in [6.07, 6.45) is 4.13. The molecule has 1 aliphatic carbocycles. The summed E-state index contributed by atoms with van der Waals surface area (Å²) in [7, 11) is 0. The Kier molecular flexibility index (Phi) is 2.66. The molecule has 1 radical (unpaired) electrons. The minimum Gasteiger partial charge on any atom is -0.379 e. The van der Waals surface area contributed by atoms with Crippen LogP contribution < -0.4 is 0 Å². The summed E-state index contributed by atoms with van der Waals surface area (Å²) in [5.41, 5.74) is 0. The zero-order chi connectivity index (χ0) is 8.39. The molecule has 1 saturated heterocycles. The first kappa shape index (κ1) is 8.52. The second kappa shape index (κ2) is 3.75. The highest BCUT2D eigenvalue weighted by molar-refractivity contribution is 5.03. The third-order valence-corrected chi connectivity index (χ3v) is 3.10. The summed E-state index contributed by atoms with van der Waals surface area (Å²) in [5.74, 6) is 1.69. The van der Waals surface area contributed by atoms with Crippen LogP contribution in [0.5, 0.6) is 0 Å². The molecule has 1 heterocycles. The molecule has 2 heteroatoms. The van der Waals surface area contributed by atoms with Crippen molar-refractivity contribution in [1.29, 1.82) is 0 Å². The van der Waals surface area contributed by atoms with Crippen LogP contribution in [0.3, 0.4) is 0 Å². The number of morpholine rings is 1. The van der Waals surface area contributed by atoms with Crippen LogP contribution in [-0.4, -0.2) is 37.2 Å². The van der Waals surface area contributed by atoms with E-state index in [4.69, 9.17) is 4.74 Å². The summed E-state index contributed by atoms with van der Waals surface area (Å²) >= 11 is 0. The van der Waals surface area contributed by atoms with E-state index in [0.717, 1.165) is 32.3 Å². The van der Waals surface area contributed by atoms with Crippen molar-refractivity contribution >= 4 is 0 Å². The maximum atomic E-state index is 5.34. The third-order valence-electron chi connectivity index (χ3n) is 3.10. The lowest BCUT2D eigenvalue weighted by Gasteiger charge is -2.34. The van der Waals surface area contributed by atoms with Gasteiger partial charge in [0.2, 0.25) is 0 Å². The van der Waals surface area contributed by atoms with Gasteiger partial charge >= 0.3 is 0 Å². The van der Waals surface area contributed by atoms with E-state index in [1.54, 1.807) is 5.92 Å². The van der Waals surface area contributed by atoms with Gasteiger partial charge in [0.05, 0.1) is 13.2 Å². The maximum absolute atomic E-state index is 5.34. The Hall–Kier alpha value is -0.0800. The molecule has 2 fully saturated rings. The molecule has 2 aliphatic rings. The first-order valence-corrected chi connectivity index (χ1v) is 5.02. The molecule has 1 aliphatic heterocycles. The van der Waals surface area contributed by atoms with E-state index in [1.807, 2.05) is 0 Å². The first-order chi connectivity index (χ1) is 5.88. The van der Waals surface area contributed by atoms with E-state index < -0.39 is 0 Å². The second-order valence-electron chi connectivity index (χ2n) is 3.90. The molecule has 2 nitrogen and oxygen atoms in total. The molecule has 0 aromatic heterocycles. The predicted molar refractivity (Wildman–Crippen MR) is 48.9 cm³/mol. The lowest BCUT2D eigenvalue weighted by molar-refractivity contribution is 0.0214. The SMILES string of the molecule is C[C]1CCCC1N1CCOCC1. The molecule has 0 amide bonds. The van der Waals surface area contributed by atoms with Gasteiger partial charge in [-0.05, 0) is 18.8 Å². The van der Waals surface area contributed by atoms with E-state index in [0.29, 0.717) is 0 Å². The Bertz CT molecular complexity index is 143. The van der Waals surface area contributed by atoms with Gasteiger partial charge in [-0.2, -0.15) is 0 Å². The molecule has 12 heavy (non-hydrogen) atoms. The zero-order valence-corrected chi connectivity index (χ0v) is 7.88. The molecule has 1 unspecified atom stereocenters. The predicted octanol–water partition coefficient (Wildman–Crippen LogP) is 1.47. The molecule has 0 spiro atoms. The third kappa shape index (κ3) is 1.64. The molecule has 0 aromatic carbocycles. The van der Waals surface area contributed by atoms with Crippen molar-refractivity contribution in [2.45, 2.75) is 32.2 Å². The van der Waals surface area contributed by atoms with Gasteiger partial charge in [0.1, 0.15) is 0 Å². The summed E-state index contributed by atoms with van der Waals surface area (Å²) in [5, 5.41) is 0. The summed E-state index contributed by atoms with van der Waals surface area (Å²) in [4.78, 5) is 2.59. The monoisotopic (exact) mass is 168 g/mol. The average Bonchev–Trinajstić information content (AvgIpc) is 2.53. The zero-order valence-electron chi connectivity index (χ0n) is 7.88. The molecule has 69 valence electrons. The Balaban J connectivity index is 1.89. The Labute approximate surface area is 74.9 Å². The normalized spacial score (nSPS) is 34.2. The van der Waals surface area contributed by atoms with Crippen molar-refractivity contribution in [2.75, 3.05) is 26.3 Å². The molecular weight excluding hydrogens is 150 g/mol. The summed E-state index contributed by atoms with van der Waals surface area (Å²) in [6, 6.07) is 0.786. The van der Waals surface area contributed by atoms with Gasteiger partial charge in [-0.25, -0.2) is 0 Å². The Morgan fingerprint density at radius 2 is 2.08 bits per heavy atom. The Morgan fingerprint density at radius 3 is 2.67 bits per heavy atom. The van der Waals surface area contributed by atoms with Gasteiger partial charge < -0.3 is 4.74 Å².